The summed E-state index contributed by atoms with van der Waals surface area (Å²) in [5.74, 6) is -0.792. The number of alkyl halides is 1. The minimum absolute atomic E-state index is 0.0298. The highest BCUT2D eigenvalue weighted by Gasteiger charge is 2.16. The van der Waals surface area contributed by atoms with Crippen LogP contribution in [0.15, 0.2) is 48.5 Å². The normalized spacial score (nSPS) is 11.9. The van der Waals surface area contributed by atoms with Crippen LogP contribution >= 0.6 is 23.2 Å². The van der Waals surface area contributed by atoms with E-state index >= 15 is 0 Å². The Balaban J connectivity index is 1.96. The molecule has 0 spiro atoms. The van der Waals surface area contributed by atoms with Crippen molar-refractivity contribution in [3.8, 4) is 0 Å². The molecule has 1 atom stereocenters. The van der Waals surface area contributed by atoms with Crippen molar-refractivity contribution in [2.24, 2.45) is 0 Å². The first-order valence-corrected chi connectivity index (χ1v) is 6.80. The van der Waals surface area contributed by atoms with Gasteiger partial charge in [0, 0.05) is 6.54 Å². The molecule has 5 heteroatoms. The van der Waals surface area contributed by atoms with Crippen molar-refractivity contribution in [2.45, 2.75) is 11.9 Å². The molecule has 0 aromatic heterocycles. The summed E-state index contributed by atoms with van der Waals surface area (Å²) in [5, 5.41) is 1.96. The summed E-state index contributed by atoms with van der Waals surface area (Å²) >= 11 is 11.8. The fourth-order valence-corrected chi connectivity index (χ4v) is 2.13. The molecule has 20 heavy (non-hydrogen) atoms. The molecule has 1 N–H and O–H groups in total. The van der Waals surface area contributed by atoms with Gasteiger partial charge in [0.25, 0.3) is 0 Å². The van der Waals surface area contributed by atoms with Crippen molar-refractivity contribution in [3.63, 3.8) is 0 Å². The molecule has 104 valence electrons. The van der Waals surface area contributed by atoms with Crippen LogP contribution in [0.4, 0.5) is 4.39 Å². The Bertz CT molecular complexity index is 604. The summed E-state index contributed by atoms with van der Waals surface area (Å²) in [7, 11) is 0. The molecule has 0 aliphatic carbocycles. The minimum Gasteiger partial charge on any atom is -0.350 e. The summed E-state index contributed by atoms with van der Waals surface area (Å²) in [6.45, 7) is 0.245. The van der Waals surface area contributed by atoms with Crippen molar-refractivity contribution in [2.75, 3.05) is 0 Å². The Morgan fingerprint density at radius 2 is 1.90 bits per heavy atom. The van der Waals surface area contributed by atoms with Gasteiger partial charge in [-0.15, -0.1) is 11.6 Å². The molecule has 2 aromatic carbocycles. The molecule has 1 amide bonds. The van der Waals surface area contributed by atoms with Crippen LogP contribution in [0.25, 0.3) is 0 Å². The van der Waals surface area contributed by atoms with Crippen LogP contribution in [-0.4, -0.2) is 5.91 Å². The molecule has 1 unspecified atom stereocenters. The molecule has 0 saturated heterocycles. The molecule has 0 bridgehead atoms. The average molecular weight is 312 g/mol. The number of nitrogens with one attached hydrogen (secondary N) is 1. The first-order valence-electron chi connectivity index (χ1n) is 5.98. The lowest BCUT2D eigenvalue weighted by molar-refractivity contribution is -0.121. The van der Waals surface area contributed by atoms with E-state index < -0.39 is 11.2 Å². The van der Waals surface area contributed by atoms with Crippen LogP contribution in [0.2, 0.25) is 5.02 Å². The van der Waals surface area contributed by atoms with E-state index in [0.717, 1.165) is 5.56 Å². The van der Waals surface area contributed by atoms with Gasteiger partial charge in [-0.3, -0.25) is 4.79 Å². The van der Waals surface area contributed by atoms with Gasteiger partial charge in [-0.25, -0.2) is 4.39 Å². The third kappa shape index (κ3) is 3.71. The Morgan fingerprint density at radius 1 is 1.20 bits per heavy atom. The molecule has 0 radical (unpaired) electrons. The van der Waals surface area contributed by atoms with E-state index in [0.29, 0.717) is 5.56 Å². The lowest BCUT2D eigenvalue weighted by Crippen LogP contribution is -2.26. The van der Waals surface area contributed by atoms with Crippen LogP contribution in [-0.2, 0) is 11.3 Å². The molecule has 0 fully saturated rings. The largest absolute Gasteiger partial charge is 0.350 e. The number of halogens is 3. The van der Waals surface area contributed by atoms with Crippen LogP contribution in [0, 0.1) is 5.82 Å². The number of hydrogen-bond acceptors (Lipinski definition) is 1. The Labute approximate surface area is 126 Å². The first kappa shape index (κ1) is 14.8. The summed E-state index contributed by atoms with van der Waals surface area (Å²) in [5.41, 5.74) is 1.44. The van der Waals surface area contributed by atoms with Gasteiger partial charge in [-0.05, 0) is 23.3 Å². The molecule has 2 nitrogen and oxygen atoms in total. The molecule has 2 aromatic rings. The second-order valence-electron chi connectivity index (χ2n) is 4.24. The number of benzene rings is 2. The van der Waals surface area contributed by atoms with Gasteiger partial charge in [0.15, 0.2) is 0 Å². The summed E-state index contributed by atoms with van der Waals surface area (Å²) in [4.78, 5) is 11.9. The number of carbonyl (C=O) groups is 1. The highest BCUT2D eigenvalue weighted by Crippen LogP contribution is 2.20. The third-order valence-corrected chi connectivity index (χ3v) is 3.51. The van der Waals surface area contributed by atoms with E-state index in [2.05, 4.69) is 5.32 Å². The van der Waals surface area contributed by atoms with E-state index in [4.69, 9.17) is 23.2 Å². The van der Waals surface area contributed by atoms with Gasteiger partial charge >= 0.3 is 0 Å². The second kappa shape index (κ2) is 6.73. The standard InChI is InChI=1S/C15H12Cl2FNO/c16-12-8-10(6-7-13(12)18)9-19-15(20)14(17)11-4-2-1-3-5-11/h1-8,14H,9H2,(H,19,20). The Hall–Kier alpha value is -1.58. The van der Waals surface area contributed by atoms with Crippen LogP contribution in [0.1, 0.15) is 16.5 Å². The molecular formula is C15H12Cl2FNO. The zero-order valence-electron chi connectivity index (χ0n) is 10.4. The van der Waals surface area contributed by atoms with Gasteiger partial charge in [0.1, 0.15) is 11.2 Å². The smallest absolute Gasteiger partial charge is 0.242 e. The molecule has 0 heterocycles. The molecule has 0 aliphatic rings. The maximum absolute atomic E-state index is 13.0. The van der Waals surface area contributed by atoms with Crippen LogP contribution < -0.4 is 5.32 Å². The van der Waals surface area contributed by atoms with Gasteiger partial charge in [0.05, 0.1) is 5.02 Å². The van der Waals surface area contributed by atoms with Crippen molar-refractivity contribution in [3.05, 3.63) is 70.5 Å². The van der Waals surface area contributed by atoms with Gasteiger partial charge in [-0.2, -0.15) is 0 Å². The molecular weight excluding hydrogens is 300 g/mol. The van der Waals surface area contributed by atoms with Crippen molar-refractivity contribution < 1.29 is 9.18 Å². The van der Waals surface area contributed by atoms with Crippen molar-refractivity contribution >= 4 is 29.1 Å². The van der Waals surface area contributed by atoms with E-state index in [1.165, 1.54) is 12.1 Å². The predicted octanol–water partition coefficient (Wildman–Crippen LogP) is 4.08. The summed E-state index contributed by atoms with van der Waals surface area (Å²) in [6.07, 6.45) is 0. The van der Waals surface area contributed by atoms with E-state index in [9.17, 15) is 9.18 Å². The highest BCUT2D eigenvalue weighted by molar-refractivity contribution is 6.31. The quantitative estimate of drug-likeness (QED) is 0.847. The lowest BCUT2D eigenvalue weighted by atomic mass is 10.1. The zero-order valence-corrected chi connectivity index (χ0v) is 12.0. The number of rotatable bonds is 4. The number of hydrogen-bond donors (Lipinski definition) is 1. The maximum Gasteiger partial charge on any atom is 0.242 e. The van der Waals surface area contributed by atoms with Crippen LogP contribution in [0.3, 0.4) is 0 Å². The van der Waals surface area contributed by atoms with Crippen molar-refractivity contribution in [1.29, 1.82) is 0 Å². The number of amides is 1. The second-order valence-corrected chi connectivity index (χ2v) is 5.08. The minimum atomic E-state index is -0.757. The summed E-state index contributed by atoms with van der Waals surface area (Å²) in [6, 6.07) is 13.4. The van der Waals surface area contributed by atoms with Gasteiger partial charge < -0.3 is 5.32 Å². The SMILES string of the molecule is O=C(NCc1ccc(F)c(Cl)c1)C(Cl)c1ccccc1. The first-order chi connectivity index (χ1) is 9.58. The predicted molar refractivity (Wildman–Crippen MR) is 78.3 cm³/mol. The maximum atomic E-state index is 13.0. The fourth-order valence-electron chi connectivity index (χ4n) is 1.70. The zero-order chi connectivity index (χ0) is 14.5. The van der Waals surface area contributed by atoms with E-state index in [-0.39, 0.29) is 17.5 Å². The fraction of sp³-hybridized carbons (Fsp3) is 0.133. The monoisotopic (exact) mass is 311 g/mol. The van der Waals surface area contributed by atoms with Crippen molar-refractivity contribution in [1.82, 2.24) is 5.32 Å². The van der Waals surface area contributed by atoms with E-state index in [1.807, 2.05) is 18.2 Å². The topological polar surface area (TPSA) is 29.1 Å². The Kier molecular flexibility index (Phi) is 4.99. The Morgan fingerprint density at radius 3 is 2.55 bits per heavy atom. The third-order valence-electron chi connectivity index (χ3n) is 2.77. The molecule has 2 rings (SSSR count). The van der Waals surface area contributed by atoms with Gasteiger partial charge in [-0.1, -0.05) is 48.0 Å². The van der Waals surface area contributed by atoms with Crippen LogP contribution in [0.5, 0.6) is 0 Å². The van der Waals surface area contributed by atoms with E-state index in [1.54, 1.807) is 18.2 Å². The average Bonchev–Trinajstić information content (AvgIpc) is 2.48. The molecule has 0 saturated carbocycles. The van der Waals surface area contributed by atoms with Gasteiger partial charge in [0.2, 0.25) is 5.91 Å². The highest BCUT2D eigenvalue weighted by atomic mass is 35.5. The molecule has 0 aliphatic heterocycles. The number of carbonyl (C=O) groups excluding carboxylic acids is 1. The summed E-state index contributed by atoms with van der Waals surface area (Å²) < 4.78 is 13.0. The lowest BCUT2D eigenvalue weighted by Gasteiger charge is -2.11.